The first-order valence-electron chi connectivity index (χ1n) is 11.0. The SMILES string of the molecule is Cc1ccc(N2CC(C(=O)NC3CCC(Oc4nccnc4C#N)CC3)CC2=O)cc1C. The van der Waals surface area contributed by atoms with Gasteiger partial charge >= 0.3 is 0 Å². The second-order valence-electron chi connectivity index (χ2n) is 8.60. The van der Waals surface area contributed by atoms with E-state index in [4.69, 9.17) is 10.00 Å². The van der Waals surface area contributed by atoms with E-state index in [-0.39, 0.29) is 47.9 Å². The molecule has 1 aliphatic heterocycles. The van der Waals surface area contributed by atoms with Gasteiger partial charge in [-0.1, -0.05) is 6.07 Å². The molecule has 1 aromatic heterocycles. The highest BCUT2D eigenvalue weighted by molar-refractivity contribution is 6.00. The van der Waals surface area contributed by atoms with Crippen LogP contribution in [-0.2, 0) is 9.59 Å². The van der Waals surface area contributed by atoms with Crippen molar-refractivity contribution in [3.8, 4) is 11.9 Å². The molecule has 2 aliphatic rings. The smallest absolute Gasteiger partial charge is 0.251 e. The molecule has 2 amide bonds. The van der Waals surface area contributed by atoms with E-state index in [1.165, 1.54) is 18.0 Å². The van der Waals surface area contributed by atoms with Gasteiger partial charge in [0.05, 0.1) is 5.92 Å². The number of nitriles is 1. The molecule has 2 heterocycles. The van der Waals surface area contributed by atoms with Crippen molar-refractivity contribution >= 4 is 17.5 Å². The first kappa shape index (κ1) is 21.8. The Bertz CT molecular complexity index is 1060. The van der Waals surface area contributed by atoms with Crippen molar-refractivity contribution in [1.29, 1.82) is 5.26 Å². The van der Waals surface area contributed by atoms with E-state index in [1.807, 2.05) is 38.1 Å². The molecule has 0 radical (unpaired) electrons. The summed E-state index contributed by atoms with van der Waals surface area (Å²) in [6.45, 7) is 4.47. The van der Waals surface area contributed by atoms with Crippen molar-refractivity contribution in [2.75, 3.05) is 11.4 Å². The van der Waals surface area contributed by atoms with Crippen LogP contribution >= 0.6 is 0 Å². The number of anilines is 1. The molecule has 1 aromatic carbocycles. The van der Waals surface area contributed by atoms with Crippen LogP contribution < -0.4 is 15.0 Å². The van der Waals surface area contributed by atoms with Gasteiger partial charge in [-0.25, -0.2) is 9.97 Å². The van der Waals surface area contributed by atoms with Crippen molar-refractivity contribution < 1.29 is 14.3 Å². The zero-order valence-electron chi connectivity index (χ0n) is 18.4. The molecule has 0 spiro atoms. The molecule has 4 rings (SSSR count). The molecule has 1 unspecified atom stereocenters. The molecule has 1 N–H and O–H groups in total. The van der Waals surface area contributed by atoms with Crippen molar-refractivity contribution in [3.63, 3.8) is 0 Å². The van der Waals surface area contributed by atoms with Gasteiger partial charge in [0.25, 0.3) is 5.88 Å². The van der Waals surface area contributed by atoms with Crippen LogP contribution in [0.15, 0.2) is 30.6 Å². The lowest BCUT2D eigenvalue weighted by Gasteiger charge is -2.29. The third-order valence-electron chi connectivity index (χ3n) is 6.37. The summed E-state index contributed by atoms with van der Waals surface area (Å²) in [5, 5.41) is 12.2. The number of rotatable bonds is 5. The predicted molar refractivity (Wildman–Crippen MR) is 118 cm³/mol. The molecular weight excluding hydrogens is 406 g/mol. The molecule has 1 saturated carbocycles. The average Bonchev–Trinajstić information content (AvgIpc) is 3.19. The quantitative estimate of drug-likeness (QED) is 0.777. The Morgan fingerprint density at radius 3 is 2.62 bits per heavy atom. The standard InChI is InChI=1S/C24H27N5O3/c1-15-3-6-19(11-16(15)2)29-14-17(12-22(29)30)23(31)28-18-4-7-20(8-5-18)32-24-21(13-25)26-9-10-27-24/h3,6,9-11,17-18,20H,4-5,7-8,12,14H2,1-2H3,(H,28,31). The molecule has 1 atom stereocenters. The Hall–Kier alpha value is -3.47. The molecule has 1 aliphatic carbocycles. The highest BCUT2D eigenvalue weighted by atomic mass is 16.5. The van der Waals surface area contributed by atoms with Gasteiger partial charge in [0, 0.05) is 37.1 Å². The van der Waals surface area contributed by atoms with E-state index in [0.717, 1.165) is 36.9 Å². The fraction of sp³-hybridized carbons (Fsp3) is 0.458. The predicted octanol–water partition coefficient (Wildman–Crippen LogP) is 2.82. The normalized spacial score (nSPS) is 23.0. The minimum absolute atomic E-state index is 0.0113. The van der Waals surface area contributed by atoms with E-state index in [0.29, 0.717) is 6.54 Å². The van der Waals surface area contributed by atoms with Gasteiger partial charge in [0.1, 0.15) is 12.2 Å². The molecular formula is C24H27N5O3. The second kappa shape index (κ2) is 9.35. The second-order valence-corrected chi connectivity index (χ2v) is 8.60. The number of nitrogens with zero attached hydrogens (tertiary/aromatic N) is 4. The van der Waals surface area contributed by atoms with Crippen LogP contribution in [-0.4, -0.2) is 40.5 Å². The summed E-state index contributed by atoms with van der Waals surface area (Å²) in [4.78, 5) is 35.2. The number of benzene rings is 1. The number of hydrogen-bond donors (Lipinski definition) is 1. The maximum atomic E-state index is 12.8. The average molecular weight is 434 g/mol. The molecule has 0 bridgehead atoms. The van der Waals surface area contributed by atoms with Crippen LogP contribution in [0.4, 0.5) is 5.69 Å². The van der Waals surface area contributed by atoms with Crippen molar-refractivity contribution in [1.82, 2.24) is 15.3 Å². The van der Waals surface area contributed by atoms with E-state index < -0.39 is 0 Å². The maximum absolute atomic E-state index is 12.8. The molecule has 8 heteroatoms. The molecule has 2 aromatic rings. The Kier molecular flexibility index (Phi) is 6.35. The zero-order valence-corrected chi connectivity index (χ0v) is 18.4. The fourth-order valence-corrected chi connectivity index (χ4v) is 4.32. The summed E-state index contributed by atoms with van der Waals surface area (Å²) >= 11 is 0. The van der Waals surface area contributed by atoms with Crippen LogP contribution in [0.3, 0.4) is 0 Å². The van der Waals surface area contributed by atoms with Gasteiger partial charge in [-0.2, -0.15) is 5.26 Å². The van der Waals surface area contributed by atoms with E-state index in [2.05, 4.69) is 15.3 Å². The van der Waals surface area contributed by atoms with Crippen LogP contribution in [0.2, 0.25) is 0 Å². The van der Waals surface area contributed by atoms with E-state index >= 15 is 0 Å². The molecule has 1 saturated heterocycles. The number of nitrogens with one attached hydrogen (secondary N) is 1. The summed E-state index contributed by atoms with van der Waals surface area (Å²) in [6.07, 6.45) is 6.22. The van der Waals surface area contributed by atoms with Gasteiger partial charge in [-0.3, -0.25) is 9.59 Å². The van der Waals surface area contributed by atoms with Gasteiger partial charge in [0.15, 0.2) is 0 Å². The first-order chi connectivity index (χ1) is 15.4. The molecule has 166 valence electrons. The number of carbonyl (C=O) groups excluding carboxylic acids is 2. The Balaban J connectivity index is 1.28. The van der Waals surface area contributed by atoms with Crippen LogP contribution in [0, 0.1) is 31.1 Å². The number of hydrogen-bond acceptors (Lipinski definition) is 6. The van der Waals surface area contributed by atoms with Crippen LogP contribution in [0.25, 0.3) is 0 Å². The minimum atomic E-state index is -0.337. The Morgan fingerprint density at radius 2 is 1.91 bits per heavy atom. The molecule has 32 heavy (non-hydrogen) atoms. The highest BCUT2D eigenvalue weighted by Crippen LogP contribution is 2.28. The van der Waals surface area contributed by atoms with Gasteiger partial charge in [-0.15, -0.1) is 0 Å². The third-order valence-corrected chi connectivity index (χ3v) is 6.37. The van der Waals surface area contributed by atoms with Crippen molar-refractivity contribution in [2.24, 2.45) is 5.92 Å². The lowest BCUT2D eigenvalue weighted by molar-refractivity contribution is -0.127. The number of ether oxygens (including phenoxy) is 1. The van der Waals surface area contributed by atoms with Crippen molar-refractivity contribution in [3.05, 3.63) is 47.4 Å². The van der Waals surface area contributed by atoms with Crippen molar-refractivity contribution in [2.45, 2.75) is 58.1 Å². The summed E-state index contributed by atoms with van der Waals surface area (Å²) in [7, 11) is 0. The number of aromatic nitrogens is 2. The van der Waals surface area contributed by atoms with Gasteiger partial charge in [-0.05, 0) is 62.8 Å². The fourth-order valence-electron chi connectivity index (χ4n) is 4.32. The maximum Gasteiger partial charge on any atom is 0.251 e. The summed E-state index contributed by atoms with van der Waals surface area (Å²) in [5.41, 5.74) is 3.34. The third kappa shape index (κ3) is 4.72. The summed E-state index contributed by atoms with van der Waals surface area (Å²) in [5.74, 6) is -0.147. The lowest BCUT2D eigenvalue weighted by atomic mass is 9.92. The summed E-state index contributed by atoms with van der Waals surface area (Å²) in [6, 6.07) is 8.00. The Labute approximate surface area is 187 Å². The first-order valence-corrected chi connectivity index (χ1v) is 11.0. The molecule has 8 nitrogen and oxygen atoms in total. The molecule has 2 fully saturated rings. The monoisotopic (exact) mass is 433 g/mol. The van der Waals surface area contributed by atoms with Crippen LogP contribution in [0.1, 0.15) is 48.9 Å². The van der Waals surface area contributed by atoms with E-state index in [9.17, 15) is 9.59 Å². The largest absolute Gasteiger partial charge is 0.472 e. The summed E-state index contributed by atoms with van der Waals surface area (Å²) < 4.78 is 5.87. The van der Waals surface area contributed by atoms with Gasteiger partial charge < -0.3 is 15.0 Å². The highest BCUT2D eigenvalue weighted by Gasteiger charge is 2.36. The van der Waals surface area contributed by atoms with E-state index in [1.54, 1.807) is 4.90 Å². The minimum Gasteiger partial charge on any atom is -0.472 e. The van der Waals surface area contributed by atoms with Gasteiger partial charge in [0.2, 0.25) is 17.5 Å². The topological polar surface area (TPSA) is 108 Å². The number of amides is 2. The Morgan fingerprint density at radius 1 is 1.16 bits per heavy atom. The lowest BCUT2D eigenvalue weighted by Crippen LogP contribution is -2.43. The number of carbonyl (C=O) groups is 2. The zero-order chi connectivity index (χ0) is 22.7. The number of aryl methyl sites for hydroxylation is 2. The van der Waals surface area contributed by atoms with Crippen LogP contribution in [0.5, 0.6) is 5.88 Å².